The summed E-state index contributed by atoms with van der Waals surface area (Å²) >= 11 is 0. The van der Waals surface area contributed by atoms with Gasteiger partial charge in [-0.3, -0.25) is 4.90 Å². The average molecular weight is 229 g/mol. The summed E-state index contributed by atoms with van der Waals surface area (Å²) in [6, 6.07) is 0.449. The summed E-state index contributed by atoms with van der Waals surface area (Å²) in [7, 11) is 0. The van der Waals surface area contributed by atoms with Gasteiger partial charge in [0, 0.05) is 12.6 Å². The summed E-state index contributed by atoms with van der Waals surface area (Å²) in [6.45, 7) is 4.68. The quantitative estimate of drug-likeness (QED) is 0.749. The SMILES string of the molecule is CCCC1CCCCN1CC(C)(O)C(=O)O. The molecule has 16 heavy (non-hydrogen) atoms. The molecule has 2 unspecified atom stereocenters. The molecule has 0 bridgehead atoms. The molecule has 4 nitrogen and oxygen atoms in total. The molecule has 1 rings (SSSR count). The second kappa shape index (κ2) is 5.64. The molecule has 0 aromatic heterocycles. The first-order chi connectivity index (χ1) is 7.47. The van der Waals surface area contributed by atoms with E-state index in [2.05, 4.69) is 11.8 Å². The number of β-amino-alcohol motifs (C(OH)–C–C–N with tert-alkyl or cyclic N) is 1. The van der Waals surface area contributed by atoms with Gasteiger partial charge < -0.3 is 10.2 Å². The van der Waals surface area contributed by atoms with Gasteiger partial charge >= 0.3 is 5.97 Å². The van der Waals surface area contributed by atoms with Crippen LogP contribution in [0.25, 0.3) is 0 Å². The summed E-state index contributed by atoms with van der Waals surface area (Å²) in [5, 5.41) is 18.7. The Labute approximate surface area is 97.3 Å². The van der Waals surface area contributed by atoms with E-state index in [0.717, 1.165) is 32.2 Å². The smallest absolute Gasteiger partial charge is 0.336 e. The lowest BCUT2D eigenvalue weighted by Crippen LogP contribution is -2.51. The molecule has 4 heteroatoms. The van der Waals surface area contributed by atoms with E-state index in [1.807, 2.05) is 0 Å². The van der Waals surface area contributed by atoms with Crippen molar-refractivity contribution >= 4 is 5.97 Å². The number of hydrogen-bond donors (Lipinski definition) is 2. The predicted molar refractivity (Wildman–Crippen MR) is 62.4 cm³/mol. The van der Waals surface area contributed by atoms with Gasteiger partial charge in [-0.15, -0.1) is 0 Å². The Morgan fingerprint density at radius 2 is 2.19 bits per heavy atom. The van der Waals surface area contributed by atoms with Gasteiger partial charge in [0.1, 0.15) is 0 Å². The molecule has 2 atom stereocenters. The molecule has 0 spiro atoms. The van der Waals surface area contributed by atoms with Gasteiger partial charge in [0.25, 0.3) is 0 Å². The highest BCUT2D eigenvalue weighted by Crippen LogP contribution is 2.22. The Bertz CT molecular complexity index is 238. The summed E-state index contributed by atoms with van der Waals surface area (Å²) in [6.07, 6.45) is 5.65. The molecular formula is C12H23NO3. The lowest BCUT2D eigenvalue weighted by molar-refractivity contribution is -0.159. The third kappa shape index (κ3) is 3.46. The highest BCUT2D eigenvalue weighted by molar-refractivity contribution is 5.76. The summed E-state index contributed by atoms with van der Waals surface area (Å²) < 4.78 is 0. The van der Waals surface area contributed by atoms with E-state index in [4.69, 9.17) is 5.11 Å². The average Bonchev–Trinajstić information content (AvgIpc) is 2.20. The van der Waals surface area contributed by atoms with Crippen molar-refractivity contribution in [2.75, 3.05) is 13.1 Å². The number of aliphatic hydroxyl groups is 1. The van der Waals surface area contributed by atoms with Crippen LogP contribution in [0.4, 0.5) is 0 Å². The minimum Gasteiger partial charge on any atom is -0.479 e. The van der Waals surface area contributed by atoms with Crippen LogP contribution in [0.15, 0.2) is 0 Å². The number of carboxylic acid groups (broad SMARTS) is 1. The van der Waals surface area contributed by atoms with Gasteiger partial charge in [0.05, 0.1) is 0 Å². The van der Waals surface area contributed by atoms with Crippen LogP contribution in [0.1, 0.15) is 46.0 Å². The maximum atomic E-state index is 10.9. The highest BCUT2D eigenvalue weighted by Gasteiger charge is 2.35. The van der Waals surface area contributed by atoms with E-state index in [0.29, 0.717) is 6.04 Å². The first-order valence-electron chi connectivity index (χ1n) is 6.17. The van der Waals surface area contributed by atoms with Crippen LogP contribution >= 0.6 is 0 Å². The van der Waals surface area contributed by atoms with Gasteiger partial charge in [0.2, 0.25) is 0 Å². The third-order valence-corrected chi connectivity index (χ3v) is 3.34. The molecule has 94 valence electrons. The third-order valence-electron chi connectivity index (χ3n) is 3.34. The topological polar surface area (TPSA) is 60.8 Å². The van der Waals surface area contributed by atoms with Crippen molar-refractivity contribution in [1.82, 2.24) is 4.90 Å². The van der Waals surface area contributed by atoms with Crippen molar-refractivity contribution in [1.29, 1.82) is 0 Å². The van der Waals surface area contributed by atoms with E-state index < -0.39 is 11.6 Å². The van der Waals surface area contributed by atoms with Crippen molar-refractivity contribution in [3.8, 4) is 0 Å². The van der Waals surface area contributed by atoms with Gasteiger partial charge in [0.15, 0.2) is 5.60 Å². The zero-order valence-electron chi connectivity index (χ0n) is 10.3. The predicted octanol–water partition coefficient (Wildman–Crippen LogP) is 1.48. The highest BCUT2D eigenvalue weighted by atomic mass is 16.4. The number of likely N-dealkylation sites (tertiary alicyclic amines) is 1. The van der Waals surface area contributed by atoms with E-state index in [9.17, 15) is 9.90 Å². The first kappa shape index (κ1) is 13.5. The monoisotopic (exact) mass is 229 g/mol. The minimum atomic E-state index is -1.62. The fourth-order valence-electron chi connectivity index (χ4n) is 2.39. The van der Waals surface area contributed by atoms with E-state index in [-0.39, 0.29) is 6.54 Å². The number of rotatable bonds is 5. The lowest BCUT2D eigenvalue weighted by atomic mass is 9.95. The van der Waals surface area contributed by atoms with Crippen LogP contribution in [0, 0.1) is 0 Å². The Balaban J connectivity index is 2.58. The molecule has 0 saturated carbocycles. The van der Waals surface area contributed by atoms with Crippen molar-refractivity contribution in [3.05, 3.63) is 0 Å². The van der Waals surface area contributed by atoms with Gasteiger partial charge in [-0.05, 0) is 32.7 Å². The lowest BCUT2D eigenvalue weighted by Gasteiger charge is -2.38. The van der Waals surface area contributed by atoms with Crippen molar-refractivity contribution < 1.29 is 15.0 Å². The maximum absolute atomic E-state index is 10.9. The van der Waals surface area contributed by atoms with Crippen LogP contribution in [-0.2, 0) is 4.79 Å². The molecular weight excluding hydrogens is 206 g/mol. The number of aliphatic carboxylic acids is 1. The van der Waals surface area contributed by atoms with Crippen LogP contribution in [-0.4, -0.2) is 45.8 Å². The summed E-state index contributed by atoms with van der Waals surface area (Å²) in [5.74, 6) is -1.13. The summed E-state index contributed by atoms with van der Waals surface area (Å²) in [4.78, 5) is 13.0. The second-order valence-electron chi connectivity index (χ2n) is 4.99. The molecule has 0 amide bonds. The van der Waals surface area contributed by atoms with Gasteiger partial charge in [-0.1, -0.05) is 19.8 Å². The van der Waals surface area contributed by atoms with Crippen LogP contribution < -0.4 is 0 Å². The molecule has 2 N–H and O–H groups in total. The van der Waals surface area contributed by atoms with Crippen LogP contribution in [0.5, 0.6) is 0 Å². The minimum absolute atomic E-state index is 0.243. The number of nitrogens with zero attached hydrogens (tertiary/aromatic N) is 1. The van der Waals surface area contributed by atoms with E-state index >= 15 is 0 Å². The fraction of sp³-hybridized carbons (Fsp3) is 0.917. The Kier molecular flexibility index (Phi) is 4.74. The van der Waals surface area contributed by atoms with E-state index in [1.165, 1.54) is 13.3 Å². The number of hydrogen-bond acceptors (Lipinski definition) is 3. The molecule has 0 radical (unpaired) electrons. The Morgan fingerprint density at radius 1 is 1.50 bits per heavy atom. The normalized spacial score (nSPS) is 26.3. The first-order valence-corrected chi connectivity index (χ1v) is 6.17. The second-order valence-corrected chi connectivity index (χ2v) is 4.99. The standard InChI is InChI=1S/C12H23NO3/c1-3-6-10-7-4-5-8-13(10)9-12(2,16)11(14)15/h10,16H,3-9H2,1-2H3,(H,14,15). The summed E-state index contributed by atoms with van der Waals surface area (Å²) in [5.41, 5.74) is -1.62. The number of piperidine rings is 1. The van der Waals surface area contributed by atoms with Crippen molar-refractivity contribution in [3.63, 3.8) is 0 Å². The largest absolute Gasteiger partial charge is 0.479 e. The van der Waals surface area contributed by atoms with Gasteiger partial charge in [-0.2, -0.15) is 0 Å². The maximum Gasteiger partial charge on any atom is 0.336 e. The molecule has 1 aliphatic heterocycles. The number of carbonyl (C=O) groups is 1. The molecule has 0 aliphatic carbocycles. The zero-order valence-corrected chi connectivity index (χ0v) is 10.3. The molecule has 0 aromatic carbocycles. The Morgan fingerprint density at radius 3 is 2.75 bits per heavy atom. The van der Waals surface area contributed by atoms with Gasteiger partial charge in [-0.25, -0.2) is 4.79 Å². The van der Waals surface area contributed by atoms with E-state index in [1.54, 1.807) is 0 Å². The molecule has 1 heterocycles. The zero-order chi connectivity index (χ0) is 12.2. The van der Waals surface area contributed by atoms with Crippen LogP contribution in [0.3, 0.4) is 0 Å². The van der Waals surface area contributed by atoms with Crippen molar-refractivity contribution in [2.24, 2.45) is 0 Å². The Hall–Kier alpha value is -0.610. The molecule has 1 fully saturated rings. The molecule has 0 aromatic rings. The molecule has 1 aliphatic rings. The van der Waals surface area contributed by atoms with Crippen molar-refractivity contribution in [2.45, 2.75) is 57.6 Å². The van der Waals surface area contributed by atoms with Crippen LogP contribution in [0.2, 0.25) is 0 Å². The molecule has 1 saturated heterocycles. The number of carboxylic acids is 1. The fourth-order valence-corrected chi connectivity index (χ4v) is 2.39.